The number of hydrogen-bond acceptors (Lipinski definition) is 2. The second-order valence-electron chi connectivity index (χ2n) is 5.73. The average Bonchev–Trinajstić information content (AvgIpc) is 2.55. The largest absolute Gasteiger partial charge is 0.481 e. The van der Waals surface area contributed by atoms with Gasteiger partial charge in [-0.3, -0.25) is 4.79 Å². The Morgan fingerprint density at radius 1 is 1.06 bits per heavy atom. The maximum absolute atomic E-state index is 11.0. The van der Waals surface area contributed by atoms with Crippen molar-refractivity contribution in [1.82, 2.24) is 5.32 Å². The number of nitrogens with one attached hydrogen (secondary N) is 1. The Kier molecular flexibility index (Phi) is 4.84. The summed E-state index contributed by atoms with van der Waals surface area (Å²) < 4.78 is 0. The third kappa shape index (κ3) is 3.70. The Morgan fingerprint density at radius 2 is 1.76 bits per heavy atom. The molecule has 2 aliphatic rings. The standard InChI is InChI=1S/C14H25NO2/c16-13(17)10-12-8-4-5-9-15-14(12)11-6-2-1-3-7-11/h11-12,14-15H,1-10H2,(H,16,17)/t12-,14-/m1/s1. The van der Waals surface area contributed by atoms with Crippen molar-refractivity contribution in [3.63, 3.8) is 0 Å². The highest BCUT2D eigenvalue weighted by molar-refractivity contribution is 5.67. The summed E-state index contributed by atoms with van der Waals surface area (Å²) in [6.07, 6.45) is 10.5. The molecule has 0 aromatic heterocycles. The molecule has 3 nitrogen and oxygen atoms in total. The second kappa shape index (κ2) is 6.39. The Hall–Kier alpha value is -0.570. The molecule has 2 atom stereocenters. The highest BCUT2D eigenvalue weighted by atomic mass is 16.4. The van der Waals surface area contributed by atoms with E-state index < -0.39 is 5.97 Å². The van der Waals surface area contributed by atoms with Gasteiger partial charge in [-0.25, -0.2) is 0 Å². The predicted octanol–water partition coefficient (Wildman–Crippen LogP) is 2.80. The van der Waals surface area contributed by atoms with E-state index in [0.717, 1.165) is 18.9 Å². The van der Waals surface area contributed by atoms with Gasteiger partial charge in [0.25, 0.3) is 0 Å². The van der Waals surface area contributed by atoms with Gasteiger partial charge in [0.2, 0.25) is 0 Å². The lowest BCUT2D eigenvalue weighted by atomic mass is 9.76. The molecule has 0 amide bonds. The molecule has 0 aromatic rings. The van der Waals surface area contributed by atoms with Gasteiger partial charge in [-0.1, -0.05) is 25.7 Å². The van der Waals surface area contributed by atoms with Gasteiger partial charge in [-0.2, -0.15) is 0 Å². The first-order chi connectivity index (χ1) is 8.27. The molecule has 1 heterocycles. The molecule has 2 N–H and O–H groups in total. The van der Waals surface area contributed by atoms with Crippen molar-refractivity contribution in [3.05, 3.63) is 0 Å². The highest BCUT2D eigenvalue weighted by Crippen LogP contribution is 2.33. The molecule has 1 saturated heterocycles. The Balaban J connectivity index is 1.99. The molecule has 1 aliphatic carbocycles. The van der Waals surface area contributed by atoms with E-state index in [-0.39, 0.29) is 0 Å². The quantitative estimate of drug-likeness (QED) is 0.796. The summed E-state index contributed by atoms with van der Waals surface area (Å²) >= 11 is 0. The molecule has 2 fully saturated rings. The van der Waals surface area contributed by atoms with E-state index in [4.69, 9.17) is 5.11 Å². The first kappa shape index (κ1) is 12.9. The number of carboxylic acids is 1. The van der Waals surface area contributed by atoms with Gasteiger partial charge in [0, 0.05) is 12.5 Å². The fourth-order valence-electron chi connectivity index (χ4n) is 3.64. The molecule has 98 valence electrons. The molecule has 0 unspecified atom stereocenters. The van der Waals surface area contributed by atoms with E-state index >= 15 is 0 Å². The lowest BCUT2D eigenvalue weighted by molar-refractivity contribution is -0.138. The van der Waals surface area contributed by atoms with E-state index in [1.54, 1.807) is 0 Å². The van der Waals surface area contributed by atoms with Crippen molar-refractivity contribution >= 4 is 5.97 Å². The summed E-state index contributed by atoms with van der Waals surface area (Å²) in [5.41, 5.74) is 0. The number of carbonyl (C=O) groups is 1. The predicted molar refractivity (Wildman–Crippen MR) is 68.0 cm³/mol. The minimum Gasteiger partial charge on any atom is -0.481 e. The van der Waals surface area contributed by atoms with Gasteiger partial charge in [0.05, 0.1) is 0 Å². The lowest BCUT2D eigenvalue weighted by Gasteiger charge is -2.35. The van der Waals surface area contributed by atoms with Crippen LogP contribution < -0.4 is 5.32 Å². The smallest absolute Gasteiger partial charge is 0.303 e. The minimum absolute atomic E-state index is 0.355. The van der Waals surface area contributed by atoms with Crippen LogP contribution in [0.3, 0.4) is 0 Å². The Morgan fingerprint density at radius 3 is 2.47 bits per heavy atom. The molecular formula is C14H25NO2. The van der Waals surface area contributed by atoms with Crippen molar-refractivity contribution in [2.24, 2.45) is 11.8 Å². The fourth-order valence-corrected chi connectivity index (χ4v) is 3.64. The van der Waals surface area contributed by atoms with Crippen LogP contribution in [0.25, 0.3) is 0 Å². The van der Waals surface area contributed by atoms with Crippen LogP contribution in [0.5, 0.6) is 0 Å². The van der Waals surface area contributed by atoms with Crippen LogP contribution in [0.2, 0.25) is 0 Å². The van der Waals surface area contributed by atoms with E-state index in [1.165, 1.54) is 44.9 Å². The maximum atomic E-state index is 11.0. The molecule has 1 saturated carbocycles. The number of rotatable bonds is 3. The van der Waals surface area contributed by atoms with Crippen LogP contribution in [0.1, 0.15) is 57.8 Å². The van der Waals surface area contributed by atoms with E-state index in [0.29, 0.717) is 18.4 Å². The number of hydrogen-bond donors (Lipinski definition) is 2. The van der Waals surface area contributed by atoms with E-state index in [1.807, 2.05) is 0 Å². The first-order valence-corrected chi connectivity index (χ1v) is 7.22. The fraction of sp³-hybridized carbons (Fsp3) is 0.929. The van der Waals surface area contributed by atoms with Gasteiger partial charge < -0.3 is 10.4 Å². The van der Waals surface area contributed by atoms with Gasteiger partial charge in [0.1, 0.15) is 0 Å². The minimum atomic E-state index is -0.625. The molecule has 3 heteroatoms. The van der Waals surface area contributed by atoms with Crippen LogP contribution in [-0.2, 0) is 4.79 Å². The summed E-state index contributed by atoms with van der Waals surface area (Å²) in [6.45, 7) is 1.08. The van der Waals surface area contributed by atoms with Crippen LogP contribution in [0, 0.1) is 11.8 Å². The molecule has 1 aliphatic heterocycles. The number of carboxylic acid groups (broad SMARTS) is 1. The van der Waals surface area contributed by atoms with Crippen LogP contribution in [0.4, 0.5) is 0 Å². The summed E-state index contributed by atoms with van der Waals surface area (Å²) in [6, 6.07) is 0.467. The summed E-state index contributed by atoms with van der Waals surface area (Å²) in [5, 5.41) is 12.7. The Bertz CT molecular complexity index is 249. The van der Waals surface area contributed by atoms with Crippen LogP contribution in [-0.4, -0.2) is 23.7 Å². The van der Waals surface area contributed by atoms with E-state index in [9.17, 15) is 4.79 Å². The molecule has 0 spiro atoms. The third-order valence-electron chi connectivity index (χ3n) is 4.48. The van der Waals surface area contributed by atoms with Gasteiger partial charge in [-0.15, -0.1) is 0 Å². The van der Waals surface area contributed by atoms with Crippen LogP contribution in [0.15, 0.2) is 0 Å². The topological polar surface area (TPSA) is 49.3 Å². The van der Waals surface area contributed by atoms with Gasteiger partial charge in [0.15, 0.2) is 0 Å². The maximum Gasteiger partial charge on any atom is 0.303 e. The monoisotopic (exact) mass is 239 g/mol. The zero-order chi connectivity index (χ0) is 12.1. The first-order valence-electron chi connectivity index (χ1n) is 7.22. The average molecular weight is 239 g/mol. The molecule has 0 bridgehead atoms. The van der Waals surface area contributed by atoms with Crippen molar-refractivity contribution in [2.45, 2.75) is 63.8 Å². The van der Waals surface area contributed by atoms with Crippen LogP contribution >= 0.6 is 0 Å². The van der Waals surface area contributed by atoms with Crippen molar-refractivity contribution < 1.29 is 9.90 Å². The van der Waals surface area contributed by atoms with E-state index in [2.05, 4.69) is 5.32 Å². The zero-order valence-electron chi connectivity index (χ0n) is 10.7. The molecule has 0 aromatic carbocycles. The summed E-state index contributed by atoms with van der Waals surface area (Å²) in [4.78, 5) is 11.0. The van der Waals surface area contributed by atoms with Crippen molar-refractivity contribution in [1.29, 1.82) is 0 Å². The van der Waals surface area contributed by atoms with Gasteiger partial charge >= 0.3 is 5.97 Å². The van der Waals surface area contributed by atoms with Gasteiger partial charge in [-0.05, 0) is 44.1 Å². The molecule has 0 radical (unpaired) electrons. The SMILES string of the molecule is O=C(O)C[C@H]1CCCCN[C@@H]1C1CCCCC1. The third-order valence-corrected chi connectivity index (χ3v) is 4.48. The molecule has 2 rings (SSSR count). The zero-order valence-corrected chi connectivity index (χ0v) is 10.7. The highest BCUT2D eigenvalue weighted by Gasteiger charge is 2.32. The van der Waals surface area contributed by atoms with Crippen molar-refractivity contribution in [3.8, 4) is 0 Å². The lowest BCUT2D eigenvalue weighted by Crippen LogP contribution is -2.42. The summed E-state index contributed by atoms with van der Waals surface area (Å²) in [5.74, 6) is 0.462. The number of aliphatic carboxylic acids is 1. The molecular weight excluding hydrogens is 214 g/mol. The molecule has 17 heavy (non-hydrogen) atoms. The normalized spacial score (nSPS) is 32.0. The summed E-state index contributed by atoms with van der Waals surface area (Å²) in [7, 11) is 0. The Labute approximate surface area is 104 Å². The second-order valence-corrected chi connectivity index (χ2v) is 5.73. The van der Waals surface area contributed by atoms with Crippen molar-refractivity contribution in [2.75, 3.05) is 6.54 Å².